The van der Waals surface area contributed by atoms with Crippen LogP contribution in [0.4, 0.5) is 0 Å². The predicted octanol–water partition coefficient (Wildman–Crippen LogP) is 2.11. The fourth-order valence-electron chi connectivity index (χ4n) is 2.09. The molecule has 3 heteroatoms. The molecule has 1 atom stereocenters. The Labute approximate surface area is 101 Å². The minimum atomic E-state index is 0.831. The van der Waals surface area contributed by atoms with Crippen molar-refractivity contribution < 1.29 is 4.74 Å². The van der Waals surface area contributed by atoms with Crippen molar-refractivity contribution in [1.29, 1.82) is 0 Å². The summed E-state index contributed by atoms with van der Waals surface area (Å²) in [6, 6.07) is 0. The highest BCUT2D eigenvalue weighted by atomic mass is 16.5. The van der Waals surface area contributed by atoms with Gasteiger partial charge in [-0.2, -0.15) is 0 Å². The Bertz CT molecular complexity index is 136. The molecule has 0 heterocycles. The van der Waals surface area contributed by atoms with E-state index in [9.17, 15) is 0 Å². The van der Waals surface area contributed by atoms with Gasteiger partial charge in [-0.1, -0.05) is 19.8 Å². The molecule has 0 rings (SSSR count). The van der Waals surface area contributed by atoms with Gasteiger partial charge in [0.15, 0.2) is 0 Å². The van der Waals surface area contributed by atoms with E-state index in [0.29, 0.717) is 0 Å². The molecule has 0 aromatic carbocycles. The lowest BCUT2D eigenvalue weighted by atomic mass is 9.94. The average Bonchev–Trinajstić information content (AvgIpc) is 2.27. The standard InChI is InChI=1S/C13H30N2O/c1-4-6-13(8-9-14)7-5-10-15(2)11-12-16-3/h13H,4-12,14H2,1-3H3. The van der Waals surface area contributed by atoms with Gasteiger partial charge in [-0.15, -0.1) is 0 Å². The van der Waals surface area contributed by atoms with Gasteiger partial charge < -0.3 is 15.4 Å². The molecule has 0 spiro atoms. The molecule has 0 aromatic heterocycles. The monoisotopic (exact) mass is 230 g/mol. The molecular formula is C13H30N2O. The van der Waals surface area contributed by atoms with Gasteiger partial charge in [-0.05, 0) is 45.3 Å². The summed E-state index contributed by atoms with van der Waals surface area (Å²) in [5, 5.41) is 0. The van der Waals surface area contributed by atoms with Gasteiger partial charge in [0, 0.05) is 13.7 Å². The minimum Gasteiger partial charge on any atom is -0.383 e. The number of ether oxygens (including phenoxy) is 1. The van der Waals surface area contributed by atoms with E-state index in [0.717, 1.165) is 25.6 Å². The maximum Gasteiger partial charge on any atom is 0.0589 e. The zero-order valence-electron chi connectivity index (χ0n) is 11.4. The molecule has 3 nitrogen and oxygen atoms in total. The third-order valence-corrected chi connectivity index (χ3v) is 3.10. The maximum atomic E-state index is 5.63. The van der Waals surface area contributed by atoms with Crippen LogP contribution < -0.4 is 5.73 Å². The summed E-state index contributed by atoms with van der Waals surface area (Å²) in [6.07, 6.45) is 6.41. The molecule has 0 bridgehead atoms. The normalized spacial score (nSPS) is 13.3. The maximum absolute atomic E-state index is 5.63. The summed E-state index contributed by atoms with van der Waals surface area (Å²) in [4.78, 5) is 2.34. The van der Waals surface area contributed by atoms with Gasteiger partial charge in [-0.3, -0.25) is 0 Å². The van der Waals surface area contributed by atoms with Gasteiger partial charge in [-0.25, -0.2) is 0 Å². The Morgan fingerprint density at radius 1 is 1.19 bits per heavy atom. The fraction of sp³-hybridized carbons (Fsp3) is 1.00. The van der Waals surface area contributed by atoms with E-state index >= 15 is 0 Å². The number of likely N-dealkylation sites (N-methyl/N-ethyl adjacent to an activating group) is 1. The molecule has 0 radical (unpaired) electrons. The molecule has 0 aliphatic rings. The van der Waals surface area contributed by atoms with Crippen LogP contribution in [0.5, 0.6) is 0 Å². The van der Waals surface area contributed by atoms with Gasteiger partial charge in [0.2, 0.25) is 0 Å². The van der Waals surface area contributed by atoms with E-state index in [4.69, 9.17) is 10.5 Å². The van der Waals surface area contributed by atoms with Crippen molar-refractivity contribution in [2.75, 3.05) is 40.4 Å². The summed E-state index contributed by atoms with van der Waals surface area (Å²) < 4.78 is 5.06. The van der Waals surface area contributed by atoms with Crippen molar-refractivity contribution >= 4 is 0 Å². The van der Waals surface area contributed by atoms with Crippen molar-refractivity contribution in [1.82, 2.24) is 4.90 Å². The molecule has 0 amide bonds. The molecule has 0 aromatic rings. The largest absolute Gasteiger partial charge is 0.383 e. The molecule has 0 fully saturated rings. The van der Waals surface area contributed by atoms with Crippen LogP contribution in [0.1, 0.15) is 39.0 Å². The smallest absolute Gasteiger partial charge is 0.0589 e. The summed E-state index contributed by atoms with van der Waals surface area (Å²) in [7, 11) is 3.92. The fourth-order valence-corrected chi connectivity index (χ4v) is 2.09. The minimum absolute atomic E-state index is 0.831. The Hall–Kier alpha value is -0.120. The van der Waals surface area contributed by atoms with Crippen LogP contribution >= 0.6 is 0 Å². The third-order valence-electron chi connectivity index (χ3n) is 3.10. The van der Waals surface area contributed by atoms with Gasteiger partial charge in [0.25, 0.3) is 0 Å². The van der Waals surface area contributed by atoms with Crippen LogP contribution in [0.2, 0.25) is 0 Å². The third kappa shape index (κ3) is 9.13. The highest BCUT2D eigenvalue weighted by Crippen LogP contribution is 2.16. The molecule has 0 saturated heterocycles. The highest BCUT2D eigenvalue weighted by Gasteiger charge is 2.07. The van der Waals surface area contributed by atoms with Crippen molar-refractivity contribution in [2.45, 2.75) is 39.0 Å². The first-order chi connectivity index (χ1) is 7.74. The zero-order chi connectivity index (χ0) is 12.2. The SMILES string of the molecule is CCCC(CCN)CCCN(C)CCOC. The first-order valence-corrected chi connectivity index (χ1v) is 6.62. The Morgan fingerprint density at radius 3 is 2.50 bits per heavy atom. The second kappa shape index (κ2) is 11.4. The van der Waals surface area contributed by atoms with Crippen LogP contribution in [0.25, 0.3) is 0 Å². The Kier molecular flexibility index (Phi) is 11.3. The first-order valence-electron chi connectivity index (χ1n) is 6.62. The van der Waals surface area contributed by atoms with E-state index < -0.39 is 0 Å². The molecule has 16 heavy (non-hydrogen) atoms. The van der Waals surface area contributed by atoms with E-state index in [-0.39, 0.29) is 0 Å². The van der Waals surface area contributed by atoms with Gasteiger partial charge >= 0.3 is 0 Å². The lowest BCUT2D eigenvalue weighted by molar-refractivity contribution is 0.159. The Balaban J connectivity index is 3.51. The summed E-state index contributed by atoms with van der Waals surface area (Å²) >= 11 is 0. The van der Waals surface area contributed by atoms with E-state index in [1.807, 2.05) is 0 Å². The second-order valence-corrected chi connectivity index (χ2v) is 4.67. The molecule has 1 unspecified atom stereocenters. The second-order valence-electron chi connectivity index (χ2n) is 4.67. The van der Waals surface area contributed by atoms with Crippen LogP contribution in [0.15, 0.2) is 0 Å². The summed E-state index contributed by atoms with van der Waals surface area (Å²) in [6.45, 7) is 6.13. The topological polar surface area (TPSA) is 38.5 Å². The van der Waals surface area contributed by atoms with Crippen LogP contribution in [0.3, 0.4) is 0 Å². The Morgan fingerprint density at radius 2 is 1.94 bits per heavy atom. The summed E-state index contributed by atoms with van der Waals surface area (Å²) in [5.74, 6) is 0.839. The molecule has 0 aliphatic heterocycles. The molecule has 98 valence electrons. The van der Waals surface area contributed by atoms with Gasteiger partial charge in [0.05, 0.1) is 6.61 Å². The van der Waals surface area contributed by atoms with Crippen molar-refractivity contribution in [3.8, 4) is 0 Å². The summed E-state index contributed by atoms with van der Waals surface area (Å²) in [5.41, 5.74) is 5.63. The van der Waals surface area contributed by atoms with Gasteiger partial charge in [0.1, 0.15) is 0 Å². The molecule has 2 N–H and O–H groups in total. The number of methoxy groups -OCH3 is 1. The quantitative estimate of drug-likeness (QED) is 0.591. The highest BCUT2D eigenvalue weighted by molar-refractivity contribution is 4.61. The average molecular weight is 230 g/mol. The lowest BCUT2D eigenvalue weighted by Crippen LogP contribution is -2.24. The number of hydrogen-bond donors (Lipinski definition) is 1. The number of nitrogens with zero attached hydrogens (tertiary/aromatic N) is 1. The molecule has 0 saturated carbocycles. The van der Waals surface area contributed by atoms with Crippen LogP contribution in [-0.2, 0) is 4.74 Å². The van der Waals surface area contributed by atoms with Crippen molar-refractivity contribution in [3.05, 3.63) is 0 Å². The molecule has 0 aliphatic carbocycles. The number of rotatable bonds is 11. The zero-order valence-corrected chi connectivity index (χ0v) is 11.4. The van der Waals surface area contributed by atoms with E-state index in [2.05, 4.69) is 18.9 Å². The lowest BCUT2D eigenvalue weighted by Gasteiger charge is -2.19. The number of nitrogens with two attached hydrogens (primary N) is 1. The van der Waals surface area contributed by atoms with Crippen molar-refractivity contribution in [3.63, 3.8) is 0 Å². The van der Waals surface area contributed by atoms with Crippen LogP contribution in [-0.4, -0.2) is 45.3 Å². The van der Waals surface area contributed by atoms with E-state index in [1.54, 1.807) is 7.11 Å². The predicted molar refractivity (Wildman–Crippen MR) is 70.7 cm³/mol. The van der Waals surface area contributed by atoms with Crippen molar-refractivity contribution in [2.24, 2.45) is 11.7 Å². The molecular weight excluding hydrogens is 200 g/mol. The van der Waals surface area contributed by atoms with E-state index in [1.165, 1.54) is 38.6 Å². The first kappa shape index (κ1) is 15.9. The van der Waals surface area contributed by atoms with Crippen LogP contribution in [0, 0.1) is 5.92 Å². The number of hydrogen-bond acceptors (Lipinski definition) is 3.